The van der Waals surface area contributed by atoms with Crippen LogP contribution in [0.15, 0.2) is 24.3 Å². The third-order valence-corrected chi connectivity index (χ3v) is 1.23. The van der Waals surface area contributed by atoms with Crippen LogP contribution in [0.5, 0.6) is 0 Å². The summed E-state index contributed by atoms with van der Waals surface area (Å²) >= 11 is 0. The molecule has 0 unspecified atom stereocenters. The van der Waals surface area contributed by atoms with Crippen molar-refractivity contribution in [2.24, 2.45) is 0 Å². The first-order chi connectivity index (χ1) is 5.34. The minimum Gasteiger partial charge on any atom is -0.464 e. The minimum atomic E-state index is -0.276. The third kappa shape index (κ3) is 3.17. The van der Waals surface area contributed by atoms with Crippen LogP contribution in [0.1, 0.15) is 17.3 Å². The molecule has 0 bridgehead atoms. The van der Waals surface area contributed by atoms with Gasteiger partial charge >= 0.3 is 5.97 Å². The summed E-state index contributed by atoms with van der Waals surface area (Å²) < 4.78 is 4.78. The molecule has 0 heterocycles. The average molecular weight is 256 g/mol. The Morgan fingerprint density at radius 1 is 1.50 bits per heavy atom. The van der Waals surface area contributed by atoms with E-state index in [1.807, 2.05) is 0 Å². The molecule has 0 aliphatic heterocycles. The molecule has 0 radical (unpaired) electrons. The first-order valence-corrected chi connectivity index (χ1v) is 3.48. The van der Waals surface area contributed by atoms with Gasteiger partial charge in [-0.2, -0.15) is 30.3 Å². The van der Waals surface area contributed by atoms with Gasteiger partial charge < -0.3 is 4.74 Å². The molecule has 68 valence electrons. The summed E-state index contributed by atoms with van der Waals surface area (Å²) in [4.78, 5) is 11.0. The van der Waals surface area contributed by atoms with Crippen molar-refractivity contribution < 1.29 is 30.0 Å². The van der Waals surface area contributed by atoms with Crippen molar-refractivity contribution >= 4 is 5.97 Å². The summed E-state index contributed by atoms with van der Waals surface area (Å²) in [7, 11) is 0. The van der Waals surface area contributed by atoms with Crippen LogP contribution in [-0.2, 0) is 25.2 Å². The normalized spacial score (nSPS) is 8.42. The van der Waals surface area contributed by atoms with Crippen LogP contribution in [0.3, 0.4) is 0 Å². The summed E-state index contributed by atoms with van der Waals surface area (Å²) in [6, 6.07) is 9.55. The second-order valence-corrected chi connectivity index (χ2v) is 2.01. The van der Waals surface area contributed by atoms with E-state index in [2.05, 4.69) is 6.07 Å². The molecular formula is C9H9O2Pd-. The van der Waals surface area contributed by atoms with E-state index in [0.717, 1.165) is 0 Å². The molecule has 12 heavy (non-hydrogen) atoms. The molecule has 0 saturated heterocycles. The molecule has 0 saturated carbocycles. The number of ether oxygens (including phenoxy) is 1. The van der Waals surface area contributed by atoms with Gasteiger partial charge in [0, 0.05) is 20.4 Å². The Kier molecular flexibility index (Phi) is 5.61. The zero-order valence-corrected chi connectivity index (χ0v) is 8.20. The SMILES string of the molecule is CCOC(=O)c1cc[c-]cc1.[Pd]. The first kappa shape index (κ1) is 11.4. The average Bonchev–Trinajstić information content (AvgIpc) is 2.07. The molecule has 0 N–H and O–H groups in total. The van der Waals surface area contributed by atoms with E-state index in [-0.39, 0.29) is 26.4 Å². The van der Waals surface area contributed by atoms with E-state index >= 15 is 0 Å². The molecule has 1 aromatic rings. The summed E-state index contributed by atoms with van der Waals surface area (Å²) in [5.41, 5.74) is 0.575. The summed E-state index contributed by atoms with van der Waals surface area (Å²) in [6.45, 7) is 2.20. The van der Waals surface area contributed by atoms with Crippen molar-refractivity contribution in [2.45, 2.75) is 6.92 Å². The van der Waals surface area contributed by atoms with Gasteiger partial charge in [0.05, 0.1) is 6.61 Å². The summed E-state index contributed by atoms with van der Waals surface area (Å²) in [5, 5.41) is 0. The Morgan fingerprint density at radius 3 is 2.58 bits per heavy atom. The predicted molar refractivity (Wildman–Crippen MR) is 41.2 cm³/mol. The molecule has 0 fully saturated rings. The summed E-state index contributed by atoms with van der Waals surface area (Å²) in [5.74, 6) is -0.276. The number of esters is 1. The van der Waals surface area contributed by atoms with Crippen LogP contribution in [-0.4, -0.2) is 12.6 Å². The van der Waals surface area contributed by atoms with E-state index in [1.165, 1.54) is 0 Å². The van der Waals surface area contributed by atoms with Crippen LogP contribution in [0.2, 0.25) is 0 Å². The van der Waals surface area contributed by atoms with Gasteiger partial charge in [0.2, 0.25) is 0 Å². The maximum absolute atomic E-state index is 11.0. The van der Waals surface area contributed by atoms with Gasteiger partial charge in [-0.05, 0) is 12.5 Å². The number of hydrogen-bond donors (Lipinski definition) is 0. The van der Waals surface area contributed by atoms with Crippen molar-refractivity contribution in [1.29, 1.82) is 0 Å². The maximum Gasteiger partial charge on any atom is 0.313 e. The molecule has 3 heteroatoms. The molecule has 0 aliphatic rings. The molecule has 0 aliphatic carbocycles. The molecule has 1 rings (SSSR count). The van der Waals surface area contributed by atoms with Gasteiger partial charge in [-0.25, -0.2) is 4.79 Å². The van der Waals surface area contributed by atoms with Gasteiger partial charge in [-0.15, -0.1) is 0 Å². The Bertz CT molecular complexity index is 234. The molecule has 2 nitrogen and oxygen atoms in total. The standard InChI is InChI=1S/C9H9O2.Pd/c1-2-11-9(10)8-6-4-3-5-7-8;/h4-7H,2H2,1H3;/q-1;. The number of rotatable bonds is 2. The monoisotopic (exact) mass is 255 g/mol. The van der Waals surface area contributed by atoms with Crippen LogP contribution in [0.25, 0.3) is 0 Å². The predicted octanol–water partition coefficient (Wildman–Crippen LogP) is 1.66. The second kappa shape index (κ2) is 5.93. The van der Waals surface area contributed by atoms with E-state index in [4.69, 9.17) is 4.74 Å². The van der Waals surface area contributed by atoms with Crippen molar-refractivity contribution in [3.05, 3.63) is 35.9 Å². The van der Waals surface area contributed by atoms with Crippen LogP contribution in [0.4, 0.5) is 0 Å². The van der Waals surface area contributed by atoms with Crippen LogP contribution in [0, 0.1) is 6.07 Å². The number of hydrogen-bond acceptors (Lipinski definition) is 2. The molecular weight excluding hydrogens is 247 g/mol. The van der Waals surface area contributed by atoms with E-state index in [0.29, 0.717) is 12.2 Å². The van der Waals surface area contributed by atoms with E-state index < -0.39 is 0 Å². The molecule has 0 aromatic heterocycles. The van der Waals surface area contributed by atoms with Gasteiger partial charge in [0.15, 0.2) is 0 Å². The van der Waals surface area contributed by atoms with Crippen molar-refractivity contribution in [1.82, 2.24) is 0 Å². The first-order valence-electron chi connectivity index (χ1n) is 3.48. The number of benzene rings is 1. The Balaban J connectivity index is 0.00000121. The summed E-state index contributed by atoms with van der Waals surface area (Å²) in [6.07, 6.45) is 0. The van der Waals surface area contributed by atoms with Gasteiger partial charge in [-0.3, -0.25) is 0 Å². The van der Waals surface area contributed by atoms with Gasteiger partial charge in [-0.1, -0.05) is 0 Å². The zero-order valence-electron chi connectivity index (χ0n) is 6.65. The van der Waals surface area contributed by atoms with E-state index in [1.54, 1.807) is 31.2 Å². The quantitative estimate of drug-likeness (QED) is 0.456. The Hall–Kier alpha value is -0.648. The van der Waals surface area contributed by atoms with Crippen molar-refractivity contribution in [3.8, 4) is 0 Å². The minimum absolute atomic E-state index is 0. The van der Waals surface area contributed by atoms with Crippen molar-refractivity contribution in [2.75, 3.05) is 6.61 Å². The largest absolute Gasteiger partial charge is 0.464 e. The fraction of sp³-hybridized carbons (Fsp3) is 0.222. The number of carbonyl (C=O) groups is 1. The second-order valence-electron chi connectivity index (χ2n) is 2.01. The van der Waals surface area contributed by atoms with Gasteiger partial charge in [0.1, 0.15) is 0 Å². The van der Waals surface area contributed by atoms with Gasteiger partial charge in [0.25, 0.3) is 0 Å². The zero-order chi connectivity index (χ0) is 8.10. The van der Waals surface area contributed by atoms with E-state index in [9.17, 15) is 4.79 Å². The molecule has 0 amide bonds. The maximum atomic E-state index is 11.0. The fourth-order valence-electron chi connectivity index (χ4n) is 0.737. The van der Waals surface area contributed by atoms with Crippen LogP contribution < -0.4 is 0 Å². The topological polar surface area (TPSA) is 26.3 Å². The molecule has 0 atom stereocenters. The Labute approximate surface area is 85.6 Å². The fourth-order valence-corrected chi connectivity index (χ4v) is 0.737. The number of carbonyl (C=O) groups excluding carboxylic acids is 1. The van der Waals surface area contributed by atoms with Crippen molar-refractivity contribution in [3.63, 3.8) is 0 Å². The Morgan fingerprint density at radius 2 is 2.08 bits per heavy atom. The molecule has 0 spiro atoms. The van der Waals surface area contributed by atoms with Crippen LogP contribution >= 0.6 is 0 Å². The third-order valence-electron chi connectivity index (χ3n) is 1.23. The smallest absolute Gasteiger partial charge is 0.313 e. The molecule has 1 aromatic carbocycles.